The van der Waals surface area contributed by atoms with Crippen molar-refractivity contribution in [2.24, 2.45) is 5.92 Å². The van der Waals surface area contributed by atoms with Gasteiger partial charge in [0.2, 0.25) is 0 Å². The average Bonchev–Trinajstić information content (AvgIpc) is 2.30. The highest BCUT2D eigenvalue weighted by molar-refractivity contribution is 7.99. The fraction of sp³-hybridized carbons (Fsp3) is 0.909. The van der Waals surface area contributed by atoms with Crippen LogP contribution < -0.4 is 0 Å². The minimum absolute atomic E-state index is 0.159. The predicted molar refractivity (Wildman–Crippen MR) is 62.3 cm³/mol. The highest BCUT2D eigenvalue weighted by atomic mass is 32.2. The second kappa shape index (κ2) is 5.32. The minimum atomic E-state index is 0.159. The van der Waals surface area contributed by atoms with Gasteiger partial charge in [-0.3, -0.25) is 9.69 Å². The molecule has 3 nitrogen and oxygen atoms in total. The van der Waals surface area contributed by atoms with Gasteiger partial charge in [0.1, 0.15) is 0 Å². The van der Waals surface area contributed by atoms with Gasteiger partial charge in [0.15, 0.2) is 5.78 Å². The van der Waals surface area contributed by atoms with Gasteiger partial charge < -0.3 is 4.74 Å². The number of thioether (sulfide) groups is 1. The quantitative estimate of drug-likeness (QED) is 0.707. The lowest BCUT2D eigenvalue weighted by molar-refractivity contribution is -0.129. The number of carbonyl (C=O) groups excluding carboxylic acids is 1. The van der Waals surface area contributed by atoms with Gasteiger partial charge in [0, 0.05) is 37.2 Å². The van der Waals surface area contributed by atoms with Crippen molar-refractivity contribution >= 4 is 17.5 Å². The molecule has 1 atom stereocenters. The van der Waals surface area contributed by atoms with Crippen LogP contribution in [0.1, 0.15) is 12.8 Å². The Labute approximate surface area is 95.5 Å². The Hall–Kier alpha value is -0.0600. The zero-order valence-corrected chi connectivity index (χ0v) is 10.1. The van der Waals surface area contributed by atoms with Crippen LogP contribution in [0.4, 0.5) is 0 Å². The van der Waals surface area contributed by atoms with Crippen LogP contribution >= 0.6 is 11.8 Å². The highest BCUT2D eigenvalue weighted by Crippen LogP contribution is 2.23. The monoisotopic (exact) mass is 229 g/mol. The Morgan fingerprint density at radius 1 is 1.40 bits per heavy atom. The Morgan fingerprint density at radius 3 is 2.80 bits per heavy atom. The molecule has 1 unspecified atom stereocenters. The summed E-state index contributed by atoms with van der Waals surface area (Å²) in [6.45, 7) is 2.57. The number of Topliss-reactive ketones (excluding diaryl/α,β-unsaturated/α-hetero) is 1. The lowest BCUT2D eigenvalue weighted by atomic mass is 9.91. The van der Waals surface area contributed by atoms with Crippen molar-refractivity contribution in [3.63, 3.8) is 0 Å². The molecule has 0 radical (unpaired) electrons. The summed E-state index contributed by atoms with van der Waals surface area (Å²) in [5.41, 5.74) is 0. The fourth-order valence-electron chi connectivity index (χ4n) is 2.24. The minimum Gasteiger partial charge on any atom is -0.381 e. The highest BCUT2D eigenvalue weighted by Gasteiger charge is 2.32. The van der Waals surface area contributed by atoms with Gasteiger partial charge in [-0.05, 0) is 19.9 Å². The maximum Gasteiger partial charge on any atom is 0.154 e. The molecule has 0 aromatic heterocycles. The van der Waals surface area contributed by atoms with E-state index in [1.54, 1.807) is 0 Å². The van der Waals surface area contributed by atoms with Crippen LogP contribution in [0.5, 0.6) is 0 Å². The molecule has 2 aliphatic rings. The molecule has 0 aromatic rings. The summed E-state index contributed by atoms with van der Waals surface area (Å²) >= 11 is 1.91. The van der Waals surface area contributed by atoms with E-state index in [2.05, 4.69) is 11.9 Å². The molecular weight excluding hydrogens is 210 g/mol. The van der Waals surface area contributed by atoms with Gasteiger partial charge in [-0.15, -0.1) is 0 Å². The van der Waals surface area contributed by atoms with Gasteiger partial charge >= 0.3 is 0 Å². The Bertz CT molecular complexity index is 229. The summed E-state index contributed by atoms with van der Waals surface area (Å²) in [5, 5.41) is 0. The van der Waals surface area contributed by atoms with E-state index in [0.29, 0.717) is 5.78 Å². The Balaban J connectivity index is 1.92. The number of ketones is 1. The van der Waals surface area contributed by atoms with Crippen LogP contribution in [0.3, 0.4) is 0 Å². The molecule has 0 N–H and O–H groups in total. The second-order valence-electron chi connectivity index (χ2n) is 4.36. The number of hydrogen-bond acceptors (Lipinski definition) is 4. The molecule has 2 fully saturated rings. The van der Waals surface area contributed by atoms with Crippen molar-refractivity contribution in [1.29, 1.82) is 0 Å². The van der Waals surface area contributed by atoms with Crippen molar-refractivity contribution in [3.8, 4) is 0 Å². The average molecular weight is 229 g/mol. The zero-order valence-electron chi connectivity index (χ0n) is 9.28. The van der Waals surface area contributed by atoms with Crippen LogP contribution in [0.25, 0.3) is 0 Å². The molecule has 0 amide bonds. The van der Waals surface area contributed by atoms with E-state index in [1.807, 2.05) is 11.8 Å². The number of carbonyl (C=O) groups is 1. The Morgan fingerprint density at radius 2 is 2.13 bits per heavy atom. The molecule has 2 rings (SSSR count). The number of likely N-dealkylation sites (N-methyl/N-ethyl adjacent to an activating group) is 1. The van der Waals surface area contributed by atoms with Crippen LogP contribution in [-0.4, -0.2) is 55.0 Å². The van der Waals surface area contributed by atoms with E-state index in [0.717, 1.165) is 44.1 Å². The molecule has 2 saturated heterocycles. The summed E-state index contributed by atoms with van der Waals surface area (Å²) in [4.78, 5) is 14.5. The lowest BCUT2D eigenvalue weighted by Crippen LogP contribution is -2.47. The van der Waals surface area contributed by atoms with Crippen LogP contribution in [0.2, 0.25) is 0 Å². The summed E-state index contributed by atoms with van der Waals surface area (Å²) in [5.74, 6) is 2.85. The standard InChI is InChI=1S/C11H19NO2S/c1-12-4-7-15-8-10(12)11(13)9-2-5-14-6-3-9/h9-10H,2-8H2,1H3. The second-order valence-corrected chi connectivity index (χ2v) is 5.51. The first-order chi connectivity index (χ1) is 7.29. The smallest absolute Gasteiger partial charge is 0.154 e. The van der Waals surface area contributed by atoms with Gasteiger partial charge in [-0.2, -0.15) is 11.8 Å². The maximum absolute atomic E-state index is 12.3. The number of nitrogens with zero attached hydrogens (tertiary/aromatic N) is 1. The molecular formula is C11H19NO2S. The summed E-state index contributed by atoms with van der Waals surface area (Å²) < 4.78 is 5.29. The molecule has 86 valence electrons. The van der Waals surface area contributed by atoms with Crippen LogP contribution in [0, 0.1) is 5.92 Å². The third-order valence-electron chi connectivity index (χ3n) is 3.35. The lowest BCUT2D eigenvalue weighted by Gasteiger charge is -2.34. The van der Waals surface area contributed by atoms with Gasteiger partial charge in [-0.25, -0.2) is 0 Å². The molecule has 15 heavy (non-hydrogen) atoms. The fourth-order valence-corrected chi connectivity index (χ4v) is 3.47. The molecule has 2 aliphatic heterocycles. The molecule has 0 saturated carbocycles. The van der Waals surface area contributed by atoms with Crippen molar-refractivity contribution in [2.45, 2.75) is 18.9 Å². The van der Waals surface area contributed by atoms with Crippen molar-refractivity contribution in [2.75, 3.05) is 38.3 Å². The topological polar surface area (TPSA) is 29.5 Å². The first-order valence-corrected chi connectivity index (χ1v) is 6.84. The summed E-state index contributed by atoms with van der Waals surface area (Å²) in [6.07, 6.45) is 1.85. The van der Waals surface area contributed by atoms with Gasteiger partial charge in [0.05, 0.1) is 6.04 Å². The zero-order chi connectivity index (χ0) is 10.7. The summed E-state index contributed by atoms with van der Waals surface area (Å²) in [6, 6.07) is 0.159. The first kappa shape index (κ1) is 11.4. The van der Waals surface area contributed by atoms with E-state index in [4.69, 9.17) is 4.74 Å². The van der Waals surface area contributed by atoms with Gasteiger partial charge in [-0.1, -0.05) is 0 Å². The van der Waals surface area contributed by atoms with Gasteiger partial charge in [0.25, 0.3) is 0 Å². The molecule has 0 spiro atoms. The van der Waals surface area contributed by atoms with E-state index in [9.17, 15) is 4.79 Å². The number of ether oxygens (including phenoxy) is 1. The van der Waals surface area contributed by atoms with Crippen molar-refractivity contribution < 1.29 is 9.53 Å². The number of rotatable bonds is 2. The van der Waals surface area contributed by atoms with Crippen LogP contribution in [-0.2, 0) is 9.53 Å². The van der Waals surface area contributed by atoms with E-state index in [-0.39, 0.29) is 12.0 Å². The summed E-state index contributed by atoms with van der Waals surface area (Å²) in [7, 11) is 2.07. The third kappa shape index (κ3) is 2.74. The molecule has 4 heteroatoms. The normalized spacial score (nSPS) is 30.3. The maximum atomic E-state index is 12.3. The number of hydrogen-bond donors (Lipinski definition) is 0. The van der Waals surface area contributed by atoms with Crippen molar-refractivity contribution in [3.05, 3.63) is 0 Å². The van der Waals surface area contributed by atoms with E-state index in [1.165, 1.54) is 0 Å². The first-order valence-electron chi connectivity index (χ1n) is 5.68. The molecule has 0 aliphatic carbocycles. The Kier molecular flexibility index (Phi) is 4.05. The molecule has 0 aromatic carbocycles. The van der Waals surface area contributed by atoms with E-state index >= 15 is 0 Å². The SMILES string of the molecule is CN1CCSCC1C(=O)C1CCOCC1. The van der Waals surface area contributed by atoms with E-state index < -0.39 is 0 Å². The molecule has 2 heterocycles. The molecule has 0 bridgehead atoms. The largest absolute Gasteiger partial charge is 0.381 e. The third-order valence-corrected chi connectivity index (χ3v) is 4.37. The van der Waals surface area contributed by atoms with Crippen molar-refractivity contribution in [1.82, 2.24) is 4.90 Å². The predicted octanol–water partition coefficient (Wildman–Crippen LogP) is 1.03. The van der Waals surface area contributed by atoms with Crippen LogP contribution in [0.15, 0.2) is 0 Å².